The van der Waals surface area contributed by atoms with Gasteiger partial charge in [0.2, 0.25) is 10.0 Å². The first kappa shape index (κ1) is 17.5. The van der Waals surface area contributed by atoms with Crippen molar-refractivity contribution in [3.8, 4) is 0 Å². The van der Waals surface area contributed by atoms with Crippen molar-refractivity contribution in [2.24, 2.45) is 0 Å². The average Bonchev–Trinajstić information content (AvgIpc) is 2.90. The van der Waals surface area contributed by atoms with Gasteiger partial charge in [-0.15, -0.1) is 0 Å². The number of benzene rings is 1. The topological polar surface area (TPSA) is 62.6 Å². The molecule has 1 aromatic heterocycles. The third-order valence-electron chi connectivity index (χ3n) is 4.88. The van der Waals surface area contributed by atoms with E-state index in [0.29, 0.717) is 0 Å². The first-order valence-corrected chi connectivity index (χ1v) is 10.2. The lowest BCUT2D eigenvalue weighted by Gasteiger charge is -2.31. The Morgan fingerprint density at radius 3 is 2.50 bits per heavy atom. The van der Waals surface area contributed by atoms with E-state index in [4.69, 9.17) is 4.42 Å². The molecular formula is C18H26N2O3S. The van der Waals surface area contributed by atoms with Crippen molar-refractivity contribution in [1.82, 2.24) is 9.62 Å². The largest absolute Gasteiger partial charge is 0.460 e. The Labute approximate surface area is 144 Å². The molecule has 1 saturated heterocycles. The number of hydrogen-bond acceptors (Lipinski definition) is 4. The molecule has 1 aromatic carbocycles. The Hall–Kier alpha value is -1.37. The van der Waals surface area contributed by atoms with Crippen molar-refractivity contribution in [3.63, 3.8) is 0 Å². The third-order valence-corrected chi connectivity index (χ3v) is 6.33. The summed E-state index contributed by atoms with van der Waals surface area (Å²) in [6.45, 7) is 8.42. The monoisotopic (exact) mass is 350 g/mol. The molecule has 0 spiro atoms. The van der Waals surface area contributed by atoms with E-state index >= 15 is 0 Å². The van der Waals surface area contributed by atoms with E-state index in [0.717, 1.165) is 49.2 Å². The molecule has 132 valence electrons. The minimum Gasteiger partial charge on any atom is -0.460 e. The standard InChI is InChI=1S/C18H26N2O3S/c1-4-24(21,22)19-16-5-7-20(8-6-16)12-17-11-15-9-13(2)14(3)10-18(15)23-17/h9-11,16,19H,4-8,12H2,1-3H3. The minimum atomic E-state index is -3.11. The quantitative estimate of drug-likeness (QED) is 0.900. The van der Waals surface area contributed by atoms with Gasteiger partial charge in [-0.05, 0) is 62.9 Å². The molecule has 0 saturated carbocycles. The van der Waals surface area contributed by atoms with Gasteiger partial charge in [0.1, 0.15) is 11.3 Å². The first-order valence-electron chi connectivity index (χ1n) is 8.58. The maximum absolute atomic E-state index is 11.7. The lowest BCUT2D eigenvalue weighted by atomic mass is 10.1. The number of hydrogen-bond donors (Lipinski definition) is 1. The zero-order valence-corrected chi connectivity index (χ0v) is 15.4. The zero-order valence-electron chi connectivity index (χ0n) is 14.6. The second-order valence-electron chi connectivity index (χ2n) is 6.76. The second kappa shape index (κ2) is 6.86. The molecule has 6 heteroatoms. The van der Waals surface area contributed by atoms with Crippen molar-refractivity contribution in [2.45, 2.75) is 46.2 Å². The number of piperidine rings is 1. The molecule has 2 aromatic rings. The van der Waals surface area contributed by atoms with E-state index in [-0.39, 0.29) is 11.8 Å². The van der Waals surface area contributed by atoms with Gasteiger partial charge in [-0.1, -0.05) is 0 Å². The lowest BCUT2D eigenvalue weighted by molar-refractivity contribution is 0.188. The molecule has 1 N–H and O–H groups in total. The Balaban J connectivity index is 1.60. The third kappa shape index (κ3) is 3.99. The Morgan fingerprint density at radius 2 is 1.83 bits per heavy atom. The average molecular weight is 350 g/mol. The number of rotatable bonds is 5. The first-order chi connectivity index (χ1) is 11.4. The van der Waals surface area contributed by atoms with Crippen LogP contribution in [0.25, 0.3) is 11.0 Å². The molecule has 1 fully saturated rings. The molecule has 2 heterocycles. The van der Waals surface area contributed by atoms with Crippen LogP contribution >= 0.6 is 0 Å². The normalized spacial score (nSPS) is 17.6. The van der Waals surface area contributed by atoms with Crippen molar-refractivity contribution < 1.29 is 12.8 Å². The van der Waals surface area contributed by atoms with Crippen LogP contribution in [0.5, 0.6) is 0 Å². The van der Waals surface area contributed by atoms with Gasteiger partial charge in [0.15, 0.2) is 0 Å². The van der Waals surface area contributed by atoms with Crippen LogP contribution in [-0.4, -0.2) is 38.2 Å². The summed E-state index contributed by atoms with van der Waals surface area (Å²) >= 11 is 0. The van der Waals surface area contributed by atoms with Gasteiger partial charge < -0.3 is 4.42 Å². The lowest BCUT2D eigenvalue weighted by Crippen LogP contribution is -2.44. The highest BCUT2D eigenvalue weighted by Crippen LogP contribution is 2.25. The number of likely N-dealkylation sites (tertiary alicyclic amines) is 1. The smallest absolute Gasteiger partial charge is 0.211 e. The SMILES string of the molecule is CCS(=O)(=O)NC1CCN(Cc2cc3cc(C)c(C)cc3o2)CC1. The summed E-state index contributed by atoms with van der Waals surface area (Å²) in [5.74, 6) is 1.12. The van der Waals surface area contributed by atoms with Gasteiger partial charge in [-0.2, -0.15) is 0 Å². The number of furan rings is 1. The van der Waals surface area contributed by atoms with Crippen LogP contribution in [0.1, 0.15) is 36.7 Å². The Bertz CT molecular complexity index is 779. The van der Waals surface area contributed by atoms with Gasteiger partial charge in [0.05, 0.1) is 12.3 Å². The summed E-state index contributed by atoms with van der Waals surface area (Å²) in [5.41, 5.74) is 3.46. The highest BCUT2D eigenvalue weighted by Gasteiger charge is 2.23. The predicted octanol–water partition coefficient (Wildman–Crippen LogP) is 2.95. The van der Waals surface area contributed by atoms with Crippen LogP contribution in [0, 0.1) is 13.8 Å². The number of nitrogens with one attached hydrogen (secondary N) is 1. The zero-order chi connectivity index (χ0) is 17.3. The number of nitrogens with zero attached hydrogens (tertiary/aromatic N) is 1. The summed E-state index contributed by atoms with van der Waals surface area (Å²) in [7, 11) is -3.11. The van der Waals surface area contributed by atoms with E-state index in [1.807, 2.05) is 0 Å². The summed E-state index contributed by atoms with van der Waals surface area (Å²) in [4.78, 5) is 2.33. The molecule has 3 rings (SSSR count). The van der Waals surface area contributed by atoms with Crippen molar-refractivity contribution >= 4 is 21.0 Å². The number of aryl methyl sites for hydroxylation is 2. The molecule has 0 aliphatic carbocycles. The summed E-state index contributed by atoms with van der Waals surface area (Å²) in [6, 6.07) is 6.45. The number of sulfonamides is 1. The fourth-order valence-electron chi connectivity index (χ4n) is 3.20. The van der Waals surface area contributed by atoms with Gasteiger partial charge >= 0.3 is 0 Å². The Morgan fingerprint density at radius 1 is 1.17 bits per heavy atom. The molecule has 0 atom stereocenters. The molecule has 24 heavy (non-hydrogen) atoms. The van der Waals surface area contributed by atoms with E-state index < -0.39 is 10.0 Å². The van der Waals surface area contributed by atoms with E-state index in [1.165, 1.54) is 11.1 Å². The maximum Gasteiger partial charge on any atom is 0.211 e. The van der Waals surface area contributed by atoms with Crippen LogP contribution in [-0.2, 0) is 16.6 Å². The molecule has 0 bridgehead atoms. The van der Waals surface area contributed by atoms with E-state index in [2.05, 4.69) is 41.7 Å². The summed E-state index contributed by atoms with van der Waals surface area (Å²) in [6.07, 6.45) is 1.69. The highest BCUT2D eigenvalue weighted by atomic mass is 32.2. The van der Waals surface area contributed by atoms with Crippen molar-refractivity contribution in [3.05, 3.63) is 35.1 Å². The molecular weight excluding hydrogens is 324 g/mol. The highest BCUT2D eigenvalue weighted by molar-refractivity contribution is 7.89. The van der Waals surface area contributed by atoms with Gasteiger partial charge in [-0.25, -0.2) is 13.1 Å². The summed E-state index contributed by atoms with van der Waals surface area (Å²) < 4.78 is 32.1. The molecule has 5 nitrogen and oxygen atoms in total. The maximum atomic E-state index is 11.7. The van der Waals surface area contributed by atoms with Crippen molar-refractivity contribution in [2.75, 3.05) is 18.8 Å². The van der Waals surface area contributed by atoms with Gasteiger partial charge in [-0.3, -0.25) is 4.90 Å². The van der Waals surface area contributed by atoms with E-state index in [1.54, 1.807) is 6.92 Å². The van der Waals surface area contributed by atoms with Crippen LogP contribution in [0.4, 0.5) is 0 Å². The molecule has 1 aliphatic rings. The van der Waals surface area contributed by atoms with Gasteiger partial charge in [0, 0.05) is 24.5 Å². The fraction of sp³-hybridized carbons (Fsp3) is 0.556. The fourth-order valence-corrected chi connectivity index (χ4v) is 4.11. The number of fused-ring (bicyclic) bond motifs is 1. The van der Waals surface area contributed by atoms with Crippen molar-refractivity contribution in [1.29, 1.82) is 0 Å². The van der Waals surface area contributed by atoms with Crippen LogP contribution in [0.3, 0.4) is 0 Å². The van der Waals surface area contributed by atoms with Crippen LogP contribution < -0.4 is 4.72 Å². The summed E-state index contributed by atoms with van der Waals surface area (Å²) in [5, 5.41) is 1.15. The Kier molecular flexibility index (Phi) is 4.99. The molecule has 0 unspecified atom stereocenters. The van der Waals surface area contributed by atoms with Crippen LogP contribution in [0.2, 0.25) is 0 Å². The van der Waals surface area contributed by atoms with Crippen LogP contribution in [0.15, 0.2) is 22.6 Å². The molecule has 0 amide bonds. The molecule has 0 radical (unpaired) electrons. The predicted molar refractivity (Wildman–Crippen MR) is 96.6 cm³/mol. The minimum absolute atomic E-state index is 0.0622. The molecule has 1 aliphatic heterocycles. The second-order valence-corrected chi connectivity index (χ2v) is 8.80. The van der Waals surface area contributed by atoms with E-state index in [9.17, 15) is 8.42 Å². The van der Waals surface area contributed by atoms with Gasteiger partial charge in [0.25, 0.3) is 0 Å².